The van der Waals surface area contributed by atoms with Gasteiger partial charge >= 0.3 is 0 Å². The normalized spacial score (nSPS) is 13.9. The number of hydrogen-bond acceptors (Lipinski definition) is 5. The fraction of sp³-hybridized carbons (Fsp3) is 0.273. The largest absolute Gasteiger partial charge is 0.378 e. The summed E-state index contributed by atoms with van der Waals surface area (Å²) in [7, 11) is 0. The molecule has 0 saturated carbocycles. The number of aromatic nitrogens is 2. The minimum Gasteiger partial charge on any atom is -0.378 e. The first-order valence-electron chi connectivity index (χ1n) is 9.88. The monoisotopic (exact) mass is 424 g/mol. The summed E-state index contributed by atoms with van der Waals surface area (Å²) in [5.41, 5.74) is 1.29. The molecule has 2 aromatic carbocycles. The summed E-state index contributed by atoms with van der Waals surface area (Å²) < 4.78 is 19.8. The van der Waals surface area contributed by atoms with E-state index in [1.807, 2.05) is 0 Å². The second kappa shape index (κ2) is 9.05. The van der Waals surface area contributed by atoms with Gasteiger partial charge in [0.25, 0.3) is 11.5 Å². The maximum absolute atomic E-state index is 13.4. The Morgan fingerprint density at radius 3 is 2.58 bits per heavy atom. The van der Waals surface area contributed by atoms with Crippen molar-refractivity contribution < 1.29 is 18.7 Å². The van der Waals surface area contributed by atoms with Gasteiger partial charge in [-0.2, -0.15) is 0 Å². The Kier molecular flexibility index (Phi) is 6.03. The molecule has 0 spiro atoms. The molecule has 9 heteroatoms. The Hall–Kier alpha value is -3.59. The molecule has 3 aromatic rings. The van der Waals surface area contributed by atoms with E-state index in [1.54, 1.807) is 29.2 Å². The van der Waals surface area contributed by atoms with Crippen molar-refractivity contribution in [2.75, 3.05) is 26.3 Å². The van der Waals surface area contributed by atoms with E-state index in [4.69, 9.17) is 4.74 Å². The van der Waals surface area contributed by atoms with Crippen LogP contribution in [0.5, 0.6) is 0 Å². The number of hydrogen-bond donors (Lipinski definition) is 1. The number of carbonyl (C=O) groups excluding carboxylic acids is 2. The summed E-state index contributed by atoms with van der Waals surface area (Å²) in [4.78, 5) is 43.0. The van der Waals surface area contributed by atoms with Gasteiger partial charge in [-0.05, 0) is 35.9 Å². The van der Waals surface area contributed by atoms with Crippen LogP contribution in [-0.2, 0) is 22.6 Å². The lowest BCUT2D eigenvalue weighted by Crippen LogP contribution is -2.40. The number of nitrogens with one attached hydrogen (secondary N) is 1. The van der Waals surface area contributed by atoms with Crippen molar-refractivity contribution in [3.05, 3.63) is 76.1 Å². The van der Waals surface area contributed by atoms with E-state index in [0.29, 0.717) is 37.4 Å². The van der Waals surface area contributed by atoms with E-state index in [9.17, 15) is 18.8 Å². The van der Waals surface area contributed by atoms with Gasteiger partial charge in [-0.3, -0.25) is 19.0 Å². The number of carbonyl (C=O) groups is 2. The van der Waals surface area contributed by atoms with Gasteiger partial charge in [0.1, 0.15) is 12.4 Å². The summed E-state index contributed by atoms with van der Waals surface area (Å²) in [6, 6.07) is 10.8. The van der Waals surface area contributed by atoms with Crippen LogP contribution in [0.4, 0.5) is 4.39 Å². The summed E-state index contributed by atoms with van der Waals surface area (Å²) in [6.07, 6.45) is 1.27. The SMILES string of the molecule is O=C(Cn1cnc2ccc(F)cc2c1=O)NCc1ccc(C(=O)N2CCOCC2)cc1. The first kappa shape index (κ1) is 20.7. The Morgan fingerprint density at radius 1 is 1.10 bits per heavy atom. The number of morpholine rings is 1. The van der Waals surface area contributed by atoms with Gasteiger partial charge in [0.15, 0.2) is 0 Å². The minimum absolute atomic E-state index is 0.0431. The average Bonchev–Trinajstić information content (AvgIpc) is 2.80. The quantitative estimate of drug-likeness (QED) is 0.667. The number of amides is 2. The highest BCUT2D eigenvalue weighted by Crippen LogP contribution is 2.10. The molecule has 1 fully saturated rings. The van der Waals surface area contributed by atoms with Crippen molar-refractivity contribution in [3.63, 3.8) is 0 Å². The molecule has 0 bridgehead atoms. The number of benzene rings is 2. The predicted molar refractivity (Wildman–Crippen MR) is 111 cm³/mol. The molecule has 8 nitrogen and oxygen atoms in total. The van der Waals surface area contributed by atoms with Crippen LogP contribution in [0, 0.1) is 5.82 Å². The number of nitrogens with zero attached hydrogens (tertiary/aromatic N) is 3. The smallest absolute Gasteiger partial charge is 0.261 e. The molecule has 2 amide bonds. The number of ether oxygens (including phenoxy) is 1. The molecule has 1 aliphatic rings. The van der Waals surface area contributed by atoms with Gasteiger partial charge < -0.3 is 15.0 Å². The van der Waals surface area contributed by atoms with Crippen molar-refractivity contribution in [1.82, 2.24) is 19.8 Å². The third-order valence-electron chi connectivity index (χ3n) is 5.09. The van der Waals surface area contributed by atoms with E-state index in [2.05, 4.69) is 10.3 Å². The standard InChI is InChI=1S/C22H21FN4O4/c23-17-5-6-19-18(11-17)22(30)27(14-25-19)13-20(28)24-12-15-1-3-16(4-2-15)21(29)26-7-9-31-10-8-26/h1-6,11,14H,7-10,12-13H2,(H,24,28). The van der Waals surface area contributed by atoms with Gasteiger partial charge in [-0.15, -0.1) is 0 Å². The molecule has 0 aliphatic carbocycles. The lowest BCUT2D eigenvalue weighted by atomic mass is 10.1. The van der Waals surface area contributed by atoms with Crippen LogP contribution in [0.2, 0.25) is 0 Å². The highest BCUT2D eigenvalue weighted by Gasteiger charge is 2.18. The molecule has 0 unspecified atom stereocenters. The lowest BCUT2D eigenvalue weighted by Gasteiger charge is -2.26. The molecule has 0 atom stereocenters. The van der Waals surface area contributed by atoms with Crippen LogP contribution in [0.25, 0.3) is 10.9 Å². The van der Waals surface area contributed by atoms with E-state index < -0.39 is 11.4 Å². The van der Waals surface area contributed by atoms with Gasteiger partial charge in [0.05, 0.1) is 30.4 Å². The zero-order chi connectivity index (χ0) is 21.8. The maximum atomic E-state index is 13.4. The number of fused-ring (bicyclic) bond motifs is 1. The van der Waals surface area contributed by atoms with Crippen LogP contribution in [0.3, 0.4) is 0 Å². The van der Waals surface area contributed by atoms with Crippen LogP contribution in [-0.4, -0.2) is 52.6 Å². The van der Waals surface area contributed by atoms with Crippen LogP contribution in [0.15, 0.2) is 53.6 Å². The second-order valence-corrected chi connectivity index (χ2v) is 7.22. The van der Waals surface area contributed by atoms with E-state index in [0.717, 1.165) is 16.2 Å². The lowest BCUT2D eigenvalue weighted by molar-refractivity contribution is -0.121. The van der Waals surface area contributed by atoms with Crippen molar-refractivity contribution in [2.45, 2.75) is 13.1 Å². The average molecular weight is 424 g/mol. The highest BCUT2D eigenvalue weighted by atomic mass is 19.1. The second-order valence-electron chi connectivity index (χ2n) is 7.22. The zero-order valence-electron chi connectivity index (χ0n) is 16.7. The molecule has 1 N–H and O–H groups in total. The van der Waals surface area contributed by atoms with E-state index in [-0.39, 0.29) is 30.3 Å². The third kappa shape index (κ3) is 4.77. The summed E-state index contributed by atoms with van der Waals surface area (Å²) >= 11 is 0. The fourth-order valence-electron chi connectivity index (χ4n) is 3.37. The molecule has 1 aromatic heterocycles. The zero-order valence-corrected chi connectivity index (χ0v) is 16.7. The van der Waals surface area contributed by atoms with Gasteiger partial charge in [0, 0.05) is 25.2 Å². The van der Waals surface area contributed by atoms with Crippen molar-refractivity contribution in [2.24, 2.45) is 0 Å². The molecular weight excluding hydrogens is 403 g/mol. The first-order chi connectivity index (χ1) is 15.0. The van der Waals surface area contributed by atoms with Gasteiger partial charge in [0.2, 0.25) is 5.91 Å². The Morgan fingerprint density at radius 2 is 1.84 bits per heavy atom. The number of halogens is 1. The van der Waals surface area contributed by atoms with E-state index >= 15 is 0 Å². The van der Waals surface area contributed by atoms with E-state index in [1.165, 1.54) is 18.5 Å². The highest BCUT2D eigenvalue weighted by molar-refractivity contribution is 5.94. The third-order valence-corrected chi connectivity index (χ3v) is 5.09. The maximum Gasteiger partial charge on any atom is 0.261 e. The molecule has 4 rings (SSSR count). The van der Waals surface area contributed by atoms with Crippen LogP contribution < -0.4 is 10.9 Å². The molecule has 31 heavy (non-hydrogen) atoms. The topological polar surface area (TPSA) is 93.5 Å². The molecule has 0 radical (unpaired) electrons. The van der Waals surface area contributed by atoms with Gasteiger partial charge in [-0.25, -0.2) is 9.37 Å². The summed E-state index contributed by atoms with van der Waals surface area (Å²) in [5.74, 6) is -0.962. The summed E-state index contributed by atoms with van der Waals surface area (Å²) in [6.45, 7) is 2.25. The Labute approximate surface area is 177 Å². The van der Waals surface area contributed by atoms with Crippen molar-refractivity contribution >= 4 is 22.7 Å². The van der Waals surface area contributed by atoms with Gasteiger partial charge in [-0.1, -0.05) is 12.1 Å². The molecule has 2 heterocycles. The van der Waals surface area contributed by atoms with Crippen LogP contribution >= 0.6 is 0 Å². The minimum atomic E-state index is -0.538. The van der Waals surface area contributed by atoms with Crippen molar-refractivity contribution in [1.29, 1.82) is 0 Å². The Bertz CT molecular complexity index is 1170. The molecular formula is C22H21FN4O4. The number of rotatable bonds is 5. The fourth-order valence-corrected chi connectivity index (χ4v) is 3.37. The predicted octanol–water partition coefficient (Wildman–Crippen LogP) is 1.32. The van der Waals surface area contributed by atoms with Crippen LogP contribution in [0.1, 0.15) is 15.9 Å². The van der Waals surface area contributed by atoms with Crippen molar-refractivity contribution in [3.8, 4) is 0 Å². The first-order valence-corrected chi connectivity index (χ1v) is 9.88. The molecule has 1 aliphatic heterocycles. The summed E-state index contributed by atoms with van der Waals surface area (Å²) in [5, 5.41) is 2.85. The Balaban J connectivity index is 1.35. The molecule has 1 saturated heterocycles. The molecule has 160 valence electrons.